The maximum Gasteiger partial charge on any atom is 0.255 e. The van der Waals surface area contributed by atoms with Crippen LogP contribution in [0.3, 0.4) is 0 Å². The van der Waals surface area contributed by atoms with Gasteiger partial charge in [0, 0.05) is 11.3 Å². The summed E-state index contributed by atoms with van der Waals surface area (Å²) in [5, 5.41) is 3.35. The number of hydrogen-bond donors (Lipinski definition) is 1. The molecular weight excluding hydrogens is 364 g/mol. The van der Waals surface area contributed by atoms with Crippen LogP contribution in [-0.2, 0) is 0 Å². The number of para-hydroxylation sites is 2. The first-order chi connectivity index (χ1) is 13.1. The first-order valence-electron chi connectivity index (χ1n) is 8.25. The quantitative estimate of drug-likeness (QED) is 0.515. The van der Waals surface area contributed by atoms with Crippen LogP contribution in [0.4, 0.5) is 5.69 Å². The largest absolute Gasteiger partial charge is 0.497 e. The second-order valence-corrected chi connectivity index (χ2v) is 6.27. The molecule has 0 saturated carbocycles. The van der Waals surface area contributed by atoms with Crippen LogP contribution in [0.1, 0.15) is 10.4 Å². The highest BCUT2D eigenvalue weighted by Crippen LogP contribution is 2.32. The number of anilines is 1. The predicted octanol–water partition coefficient (Wildman–Crippen LogP) is 5.41. The molecule has 27 heavy (non-hydrogen) atoms. The second-order valence-electron chi connectivity index (χ2n) is 5.86. The lowest BCUT2D eigenvalue weighted by atomic mass is 10.1. The van der Waals surface area contributed by atoms with E-state index in [0.29, 0.717) is 39.1 Å². The molecule has 1 aromatic heterocycles. The normalized spacial score (nSPS) is 10.7. The molecule has 5 nitrogen and oxygen atoms in total. The Hall–Kier alpha value is -3.31. The van der Waals surface area contributed by atoms with E-state index in [1.165, 1.54) is 0 Å². The van der Waals surface area contributed by atoms with Gasteiger partial charge in [0.15, 0.2) is 5.58 Å². The molecule has 4 rings (SSSR count). The number of carbonyl (C=O) groups is 1. The van der Waals surface area contributed by atoms with E-state index < -0.39 is 0 Å². The summed E-state index contributed by atoms with van der Waals surface area (Å²) < 4.78 is 10.9. The third kappa shape index (κ3) is 3.50. The van der Waals surface area contributed by atoms with E-state index in [-0.39, 0.29) is 5.91 Å². The summed E-state index contributed by atoms with van der Waals surface area (Å²) in [4.78, 5) is 16.9. The standard InChI is InChI=1S/C21H15ClN2O3/c1-26-15-9-6-13(7-10-15)20(25)23-14-8-11-17(22)16(12-14)21-24-18-4-2-3-5-19(18)27-21/h2-12H,1H3,(H,23,25). The summed E-state index contributed by atoms with van der Waals surface area (Å²) in [6.45, 7) is 0. The zero-order valence-electron chi connectivity index (χ0n) is 14.4. The molecule has 1 heterocycles. The van der Waals surface area contributed by atoms with Gasteiger partial charge in [-0.05, 0) is 54.6 Å². The maximum absolute atomic E-state index is 12.5. The number of oxazole rings is 1. The summed E-state index contributed by atoms with van der Waals surface area (Å²) >= 11 is 6.32. The molecule has 0 aliphatic rings. The first-order valence-corrected chi connectivity index (χ1v) is 8.63. The van der Waals surface area contributed by atoms with Gasteiger partial charge < -0.3 is 14.5 Å². The summed E-state index contributed by atoms with van der Waals surface area (Å²) in [6, 6.07) is 19.5. The van der Waals surface area contributed by atoms with Crippen LogP contribution < -0.4 is 10.1 Å². The van der Waals surface area contributed by atoms with E-state index >= 15 is 0 Å². The number of hydrogen-bond acceptors (Lipinski definition) is 4. The van der Waals surface area contributed by atoms with E-state index in [1.54, 1.807) is 49.6 Å². The Morgan fingerprint density at radius 2 is 1.85 bits per heavy atom. The fraction of sp³-hybridized carbons (Fsp3) is 0.0476. The van der Waals surface area contributed by atoms with Crippen molar-refractivity contribution in [3.05, 3.63) is 77.3 Å². The molecule has 0 atom stereocenters. The number of rotatable bonds is 4. The van der Waals surface area contributed by atoms with Gasteiger partial charge in [-0.1, -0.05) is 23.7 Å². The van der Waals surface area contributed by atoms with Gasteiger partial charge in [-0.2, -0.15) is 0 Å². The highest BCUT2D eigenvalue weighted by Gasteiger charge is 2.14. The van der Waals surface area contributed by atoms with Gasteiger partial charge in [-0.3, -0.25) is 4.79 Å². The number of benzene rings is 3. The van der Waals surface area contributed by atoms with E-state index in [4.69, 9.17) is 20.8 Å². The number of halogens is 1. The molecule has 0 saturated heterocycles. The van der Waals surface area contributed by atoms with Crippen molar-refractivity contribution in [3.8, 4) is 17.2 Å². The van der Waals surface area contributed by atoms with Gasteiger partial charge in [-0.25, -0.2) is 4.98 Å². The Morgan fingerprint density at radius 3 is 2.59 bits per heavy atom. The van der Waals surface area contributed by atoms with Crippen molar-refractivity contribution in [3.63, 3.8) is 0 Å². The fourth-order valence-corrected chi connectivity index (χ4v) is 2.90. The number of carbonyl (C=O) groups excluding carboxylic acids is 1. The van der Waals surface area contributed by atoms with Gasteiger partial charge in [0.1, 0.15) is 11.3 Å². The number of aromatic nitrogens is 1. The molecule has 0 spiro atoms. The lowest BCUT2D eigenvalue weighted by Gasteiger charge is -2.08. The second kappa shape index (κ2) is 7.13. The minimum atomic E-state index is -0.233. The molecule has 4 aromatic rings. The third-order valence-corrected chi connectivity index (χ3v) is 4.43. The van der Waals surface area contributed by atoms with Gasteiger partial charge in [0.05, 0.1) is 17.7 Å². The van der Waals surface area contributed by atoms with Crippen molar-refractivity contribution in [2.24, 2.45) is 0 Å². The van der Waals surface area contributed by atoms with Crippen LogP contribution in [0.25, 0.3) is 22.6 Å². The summed E-state index contributed by atoms with van der Waals surface area (Å²) in [5.41, 5.74) is 3.15. The summed E-state index contributed by atoms with van der Waals surface area (Å²) in [6.07, 6.45) is 0. The van der Waals surface area contributed by atoms with Gasteiger partial charge in [0.25, 0.3) is 5.91 Å². The van der Waals surface area contributed by atoms with Crippen molar-refractivity contribution in [2.75, 3.05) is 12.4 Å². The molecule has 1 amide bonds. The number of ether oxygens (including phenoxy) is 1. The monoisotopic (exact) mass is 378 g/mol. The number of nitrogens with zero attached hydrogens (tertiary/aromatic N) is 1. The minimum absolute atomic E-state index is 0.233. The van der Waals surface area contributed by atoms with E-state index in [1.807, 2.05) is 24.3 Å². The first kappa shape index (κ1) is 17.1. The summed E-state index contributed by atoms with van der Waals surface area (Å²) in [5.74, 6) is 0.863. The van der Waals surface area contributed by atoms with Crippen LogP contribution in [-0.4, -0.2) is 18.0 Å². The number of methoxy groups -OCH3 is 1. The molecule has 0 aliphatic carbocycles. The van der Waals surface area contributed by atoms with E-state index in [0.717, 1.165) is 5.52 Å². The van der Waals surface area contributed by atoms with Crippen molar-refractivity contribution < 1.29 is 13.9 Å². The van der Waals surface area contributed by atoms with Crippen LogP contribution in [0.5, 0.6) is 5.75 Å². The molecular formula is C21H15ClN2O3. The average Bonchev–Trinajstić information content (AvgIpc) is 3.13. The highest BCUT2D eigenvalue weighted by molar-refractivity contribution is 6.33. The number of fused-ring (bicyclic) bond motifs is 1. The van der Waals surface area contributed by atoms with Crippen molar-refractivity contribution in [2.45, 2.75) is 0 Å². The molecule has 0 aliphatic heterocycles. The Kier molecular flexibility index (Phi) is 4.52. The van der Waals surface area contributed by atoms with Crippen molar-refractivity contribution in [1.29, 1.82) is 0 Å². The molecule has 3 aromatic carbocycles. The van der Waals surface area contributed by atoms with Crippen LogP contribution in [0.15, 0.2) is 71.1 Å². The molecule has 1 N–H and O–H groups in total. The van der Waals surface area contributed by atoms with Crippen molar-refractivity contribution >= 4 is 34.3 Å². The van der Waals surface area contributed by atoms with Crippen LogP contribution in [0.2, 0.25) is 5.02 Å². The maximum atomic E-state index is 12.5. The molecule has 0 radical (unpaired) electrons. The van der Waals surface area contributed by atoms with Crippen LogP contribution in [0, 0.1) is 0 Å². The minimum Gasteiger partial charge on any atom is -0.497 e. The SMILES string of the molecule is COc1ccc(C(=O)Nc2ccc(Cl)c(-c3nc4ccccc4o3)c2)cc1. The predicted molar refractivity (Wildman–Crippen MR) is 105 cm³/mol. The Bertz CT molecular complexity index is 1090. The third-order valence-electron chi connectivity index (χ3n) is 4.10. The van der Waals surface area contributed by atoms with Gasteiger partial charge >= 0.3 is 0 Å². The van der Waals surface area contributed by atoms with E-state index in [9.17, 15) is 4.79 Å². The van der Waals surface area contributed by atoms with E-state index in [2.05, 4.69) is 10.3 Å². The zero-order chi connectivity index (χ0) is 18.8. The molecule has 0 fully saturated rings. The molecule has 0 unspecified atom stereocenters. The Labute approximate surface area is 160 Å². The zero-order valence-corrected chi connectivity index (χ0v) is 15.2. The van der Waals surface area contributed by atoms with Gasteiger partial charge in [0.2, 0.25) is 5.89 Å². The smallest absolute Gasteiger partial charge is 0.255 e. The number of amides is 1. The molecule has 134 valence electrons. The lowest BCUT2D eigenvalue weighted by Crippen LogP contribution is -2.11. The fourth-order valence-electron chi connectivity index (χ4n) is 2.70. The Morgan fingerprint density at radius 1 is 1.07 bits per heavy atom. The van der Waals surface area contributed by atoms with Crippen LogP contribution >= 0.6 is 11.6 Å². The topological polar surface area (TPSA) is 64.4 Å². The van der Waals surface area contributed by atoms with Crippen molar-refractivity contribution in [1.82, 2.24) is 4.98 Å². The summed E-state index contributed by atoms with van der Waals surface area (Å²) in [7, 11) is 1.58. The molecule has 0 bridgehead atoms. The average molecular weight is 379 g/mol. The number of nitrogens with one attached hydrogen (secondary N) is 1. The van der Waals surface area contributed by atoms with Gasteiger partial charge in [-0.15, -0.1) is 0 Å². The highest BCUT2D eigenvalue weighted by atomic mass is 35.5. The Balaban J connectivity index is 1.62. The molecule has 6 heteroatoms. The lowest BCUT2D eigenvalue weighted by molar-refractivity contribution is 0.102.